The number of benzene rings is 1. The van der Waals surface area contributed by atoms with Gasteiger partial charge in [0, 0.05) is 25.5 Å². The fourth-order valence-corrected chi connectivity index (χ4v) is 2.47. The summed E-state index contributed by atoms with van der Waals surface area (Å²) in [5.74, 6) is 0.746. The van der Waals surface area contributed by atoms with Crippen molar-refractivity contribution < 1.29 is 9.84 Å². The van der Waals surface area contributed by atoms with Crippen molar-refractivity contribution in [2.24, 2.45) is 0 Å². The second-order valence-corrected chi connectivity index (χ2v) is 5.73. The maximum Gasteiger partial charge on any atom is 0.133 e. The molecule has 5 nitrogen and oxygen atoms in total. The van der Waals surface area contributed by atoms with Gasteiger partial charge in [0.2, 0.25) is 0 Å². The van der Waals surface area contributed by atoms with Gasteiger partial charge in [0.1, 0.15) is 18.5 Å². The molecular formula is C15H20BrN3O2. The largest absolute Gasteiger partial charge is 0.490 e. The SMILES string of the molecule is Cc1ccc(OCC(O)CNCCn2cccn2)c(Br)c1. The van der Waals surface area contributed by atoms with E-state index in [0.717, 1.165) is 28.9 Å². The molecule has 0 saturated carbocycles. The molecule has 21 heavy (non-hydrogen) atoms. The van der Waals surface area contributed by atoms with E-state index in [9.17, 15) is 5.11 Å². The number of ether oxygens (including phenoxy) is 1. The minimum absolute atomic E-state index is 0.260. The quantitative estimate of drug-likeness (QED) is 0.712. The summed E-state index contributed by atoms with van der Waals surface area (Å²) in [6.07, 6.45) is 3.12. The Morgan fingerprint density at radius 1 is 1.48 bits per heavy atom. The summed E-state index contributed by atoms with van der Waals surface area (Å²) >= 11 is 3.45. The first-order valence-corrected chi connectivity index (χ1v) is 7.69. The summed E-state index contributed by atoms with van der Waals surface area (Å²) in [5, 5.41) is 17.2. The van der Waals surface area contributed by atoms with Crippen molar-refractivity contribution in [3.63, 3.8) is 0 Å². The molecule has 1 atom stereocenters. The van der Waals surface area contributed by atoms with E-state index in [1.54, 1.807) is 6.20 Å². The van der Waals surface area contributed by atoms with E-state index < -0.39 is 6.10 Å². The molecule has 0 fully saturated rings. The molecule has 2 rings (SSSR count). The number of rotatable bonds is 8. The zero-order valence-electron chi connectivity index (χ0n) is 12.0. The summed E-state index contributed by atoms with van der Waals surface area (Å²) in [6.45, 7) is 4.31. The number of aryl methyl sites for hydroxylation is 1. The molecule has 0 amide bonds. The fraction of sp³-hybridized carbons (Fsp3) is 0.400. The summed E-state index contributed by atoms with van der Waals surface area (Å²) in [7, 11) is 0. The number of aliphatic hydroxyl groups is 1. The van der Waals surface area contributed by atoms with Crippen LogP contribution in [0.5, 0.6) is 5.75 Å². The van der Waals surface area contributed by atoms with Gasteiger partial charge in [-0.1, -0.05) is 6.07 Å². The second kappa shape index (κ2) is 8.17. The summed E-state index contributed by atoms with van der Waals surface area (Å²) in [5.41, 5.74) is 1.16. The van der Waals surface area contributed by atoms with Gasteiger partial charge < -0.3 is 15.2 Å². The van der Waals surface area contributed by atoms with Crippen LogP contribution in [0.4, 0.5) is 0 Å². The Morgan fingerprint density at radius 3 is 3.05 bits per heavy atom. The molecule has 0 aliphatic rings. The van der Waals surface area contributed by atoms with Gasteiger partial charge in [0.15, 0.2) is 0 Å². The molecule has 0 radical (unpaired) electrons. The Hall–Kier alpha value is -1.37. The number of aliphatic hydroxyl groups excluding tert-OH is 1. The highest BCUT2D eigenvalue weighted by Crippen LogP contribution is 2.25. The predicted octanol–water partition coefficient (Wildman–Crippen LogP) is 1.98. The van der Waals surface area contributed by atoms with Gasteiger partial charge in [0.05, 0.1) is 11.0 Å². The van der Waals surface area contributed by atoms with Crippen LogP contribution in [-0.2, 0) is 6.54 Å². The molecule has 0 aliphatic heterocycles. The first-order chi connectivity index (χ1) is 10.1. The maximum absolute atomic E-state index is 9.89. The van der Waals surface area contributed by atoms with Crippen LogP contribution < -0.4 is 10.1 Å². The molecule has 0 bridgehead atoms. The van der Waals surface area contributed by atoms with Crippen molar-refractivity contribution in [1.82, 2.24) is 15.1 Å². The normalized spacial score (nSPS) is 12.3. The second-order valence-electron chi connectivity index (χ2n) is 4.87. The molecule has 1 heterocycles. The average molecular weight is 354 g/mol. The molecule has 2 aromatic rings. The van der Waals surface area contributed by atoms with Gasteiger partial charge in [-0.05, 0) is 46.6 Å². The van der Waals surface area contributed by atoms with Crippen molar-refractivity contribution in [3.8, 4) is 5.75 Å². The lowest BCUT2D eigenvalue weighted by atomic mass is 10.2. The van der Waals surface area contributed by atoms with Crippen molar-refractivity contribution in [2.75, 3.05) is 19.7 Å². The van der Waals surface area contributed by atoms with Crippen LogP contribution in [0.2, 0.25) is 0 Å². The lowest BCUT2D eigenvalue weighted by Gasteiger charge is -2.14. The van der Waals surface area contributed by atoms with Crippen LogP contribution >= 0.6 is 15.9 Å². The first kappa shape index (κ1) is 16.0. The van der Waals surface area contributed by atoms with Gasteiger partial charge in [-0.3, -0.25) is 4.68 Å². The number of hydrogen-bond donors (Lipinski definition) is 2. The molecule has 0 saturated heterocycles. The van der Waals surface area contributed by atoms with Gasteiger partial charge in [-0.2, -0.15) is 5.10 Å². The highest BCUT2D eigenvalue weighted by Gasteiger charge is 2.07. The lowest BCUT2D eigenvalue weighted by molar-refractivity contribution is 0.106. The van der Waals surface area contributed by atoms with Gasteiger partial charge in [-0.25, -0.2) is 0 Å². The van der Waals surface area contributed by atoms with Gasteiger partial charge in [0.25, 0.3) is 0 Å². The van der Waals surface area contributed by atoms with Crippen LogP contribution in [0.3, 0.4) is 0 Å². The van der Waals surface area contributed by atoms with E-state index in [4.69, 9.17) is 4.74 Å². The molecule has 2 N–H and O–H groups in total. The Morgan fingerprint density at radius 2 is 2.33 bits per heavy atom. The van der Waals surface area contributed by atoms with E-state index in [-0.39, 0.29) is 6.61 Å². The van der Waals surface area contributed by atoms with E-state index in [1.807, 2.05) is 42.1 Å². The monoisotopic (exact) mass is 353 g/mol. The average Bonchev–Trinajstić information content (AvgIpc) is 2.96. The topological polar surface area (TPSA) is 59.3 Å². The molecule has 1 unspecified atom stereocenters. The zero-order chi connectivity index (χ0) is 15.1. The van der Waals surface area contributed by atoms with Crippen molar-refractivity contribution in [3.05, 3.63) is 46.7 Å². The third-order valence-corrected chi connectivity index (χ3v) is 3.60. The molecule has 1 aromatic heterocycles. The van der Waals surface area contributed by atoms with E-state index in [0.29, 0.717) is 6.54 Å². The highest BCUT2D eigenvalue weighted by atomic mass is 79.9. The highest BCUT2D eigenvalue weighted by molar-refractivity contribution is 9.10. The van der Waals surface area contributed by atoms with E-state index >= 15 is 0 Å². The molecule has 6 heteroatoms. The first-order valence-electron chi connectivity index (χ1n) is 6.90. The number of halogens is 1. The Bertz CT molecular complexity index is 546. The lowest BCUT2D eigenvalue weighted by Crippen LogP contribution is -2.33. The number of hydrogen-bond acceptors (Lipinski definition) is 4. The molecule has 0 aliphatic carbocycles. The minimum Gasteiger partial charge on any atom is -0.490 e. The number of nitrogens with zero attached hydrogens (tertiary/aromatic N) is 2. The van der Waals surface area contributed by atoms with Crippen molar-refractivity contribution >= 4 is 15.9 Å². The van der Waals surface area contributed by atoms with E-state index in [2.05, 4.69) is 26.3 Å². The van der Waals surface area contributed by atoms with Crippen LogP contribution in [0.1, 0.15) is 5.56 Å². The summed E-state index contributed by atoms with van der Waals surface area (Å²) in [6, 6.07) is 7.76. The zero-order valence-corrected chi connectivity index (χ0v) is 13.6. The van der Waals surface area contributed by atoms with Gasteiger partial charge in [-0.15, -0.1) is 0 Å². The third kappa shape index (κ3) is 5.49. The molecule has 114 valence electrons. The van der Waals surface area contributed by atoms with Crippen LogP contribution in [0, 0.1) is 6.92 Å². The summed E-state index contributed by atoms with van der Waals surface area (Å²) < 4.78 is 8.35. The van der Waals surface area contributed by atoms with Gasteiger partial charge >= 0.3 is 0 Å². The smallest absolute Gasteiger partial charge is 0.133 e. The van der Waals surface area contributed by atoms with Crippen molar-refractivity contribution in [1.29, 1.82) is 0 Å². The van der Waals surface area contributed by atoms with Crippen LogP contribution in [0.25, 0.3) is 0 Å². The van der Waals surface area contributed by atoms with E-state index in [1.165, 1.54) is 0 Å². The number of aromatic nitrogens is 2. The molecular weight excluding hydrogens is 334 g/mol. The summed E-state index contributed by atoms with van der Waals surface area (Å²) in [4.78, 5) is 0. The minimum atomic E-state index is -0.546. The maximum atomic E-state index is 9.89. The molecule has 0 spiro atoms. The predicted molar refractivity (Wildman–Crippen MR) is 85.5 cm³/mol. The Labute approximate surface area is 133 Å². The standard InChI is InChI=1S/C15H20BrN3O2/c1-12-3-4-15(14(16)9-12)21-11-13(20)10-17-6-8-19-7-2-5-18-19/h2-5,7,9,13,17,20H,6,8,10-11H2,1H3. The number of nitrogens with one attached hydrogen (secondary N) is 1. The van der Waals surface area contributed by atoms with Crippen molar-refractivity contribution in [2.45, 2.75) is 19.6 Å². The Kier molecular flexibility index (Phi) is 6.22. The van der Waals surface area contributed by atoms with Crippen LogP contribution in [-0.4, -0.2) is 40.7 Å². The van der Waals surface area contributed by atoms with Crippen LogP contribution in [0.15, 0.2) is 41.1 Å². The third-order valence-electron chi connectivity index (χ3n) is 2.98. The fourth-order valence-electron chi connectivity index (χ4n) is 1.86. The Balaban J connectivity index is 1.64. The molecule has 1 aromatic carbocycles.